The van der Waals surface area contributed by atoms with E-state index < -0.39 is 0 Å². The number of allylic oxidation sites excluding steroid dienone is 1. The highest BCUT2D eigenvalue weighted by Crippen LogP contribution is 2.27. The lowest BCUT2D eigenvalue weighted by Gasteiger charge is -2.25. The van der Waals surface area contributed by atoms with Gasteiger partial charge in [-0.1, -0.05) is 18.6 Å². The van der Waals surface area contributed by atoms with Gasteiger partial charge in [-0.2, -0.15) is 0 Å². The fourth-order valence-electron chi connectivity index (χ4n) is 2.56. The van der Waals surface area contributed by atoms with Crippen molar-refractivity contribution >= 4 is 0 Å². The third-order valence-corrected chi connectivity index (χ3v) is 3.24. The highest BCUT2D eigenvalue weighted by atomic mass is 16.5. The molecule has 2 atom stereocenters. The van der Waals surface area contributed by atoms with Crippen LogP contribution in [-0.4, -0.2) is 25.3 Å². The summed E-state index contributed by atoms with van der Waals surface area (Å²) in [7, 11) is 0. The summed E-state index contributed by atoms with van der Waals surface area (Å²) in [4.78, 5) is 0. The third-order valence-electron chi connectivity index (χ3n) is 3.24. The van der Waals surface area contributed by atoms with E-state index in [1.54, 1.807) is 5.57 Å². The van der Waals surface area contributed by atoms with Crippen molar-refractivity contribution in [3.05, 3.63) is 11.6 Å². The molecule has 2 aliphatic rings. The monoisotopic (exact) mass is 195 g/mol. The van der Waals surface area contributed by atoms with Crippen molar-refractivity contribution in [2.24, 2.45) is 0 Å². The number of hydrogen-bond donors (Lipinski definition) is 1. The van der Waals surface area contributed by atoms with Gasteiger partial charge in [0.15, 0.2) is 0 Å². The Balaban J connectivity index is 1.98. The summed E-state index contributed by atoms with van der Waals surface area (Å²) in [5, 5.41) is 3.57. The fraction of sp³-hybridized carbons (Fsp3) is 0.833. The molecule has 1 aliphatic heterocycles. The summed E-state index contributed by atoms with van der Waals surface area (Å²) in [6.45, 7) is 4.18. The van der Waals surface area contributed by atoms with Crippen molar-refractivity contribution in [1.82, 2.24) is 5.32 Å². The molecule has 80 valence electrons. The van der Waals surface area contributed by atoms with E-state index in [2.05, 4.69) is 18.3 Å². The van der Waals surface area contributed by atoms with E-state index in [1.165, 1.54) is 32.1 Å². The molecule has 0 aromatic rings. The van der Waals surface area contributed by atoms with Gasteiger partial charge in [0.25, 0.3) is 0 Å². The molecular weight excluding hydrogens is 174 g/mol. The molecule has 1 aliphatic carbocycles. The average molecular weight is 195 g/mol. The summed E-state index contributed by atoms with van der Waals surface area (Å²) in [6.07, 6.45) is 9.20. The van der Waals surface area contributed by atoms with Gasteiger partial charge in [0.1, 0.15) is 0 Å². The Morgan fingerprint density at radius 2 is 2.50 bits per heavy atom. The quantitative estimate of drug-likeness (QED) is 0.695. The standard InChI is InChI=1S/C12H21NO/c1-2-13-12(10-6-3-4-7-10)11-8-5-9-14-11/h6,11-13H,2-5,7-9H2,1H3. The Morgan fingerprint density at radius 3 is 3.07 bits per heavy atom. The van der Waals surface area contributed by atoms with Crippen LogP contribution >= 0.6 is 0 Å². The van der Waals surface area contributed by atoms with E-state index in [-0.39, 0.29) is 0 Å². The minimum atomic E-state index is 0.444. The predicted octanol–water partition coefficient (Wildman–Crippen LogP) is 2.25. The predicted molar refractivity (Wildman–Crippen MR) is 58.4 cm³/mol. The van der Waals surface area contributed by atoms with Crippen molar-refractivity contribution in [2.75, 3.05) is 13.2 Å². The summed E-state index contributed by atoms with van der Waals surface area (Å²) in [5.41, 5.74) is 1.60. The molecule has 0 aromatic heterocycles. The zero-order valence-electron chi connectivity index (χ0n) is 9.09. The van der Waals surface area contributed by atoms with Crippen molar-refractivity contribution < 1.29 is 4.74 Å². The molecule has 1 fully saturated rings. The van der Waals surface area contributed by atoms with Gasteiger partial charge in [0.05, 0.1) is 12.1 Å². The second kappa shape index (κ2) is 4.94. The first-order valence-corrected chi connectivity index (χ1v) is 5.95. The van der Waals surface area contributed by atoms with Crippen molar-refractivity contribution in [3.8, 4) is 0 Å². The molecule has 0 spiro atoms. The van der Waals surface area contributed by atoms with Crippen LogP contribution in [0.1, 0.15) is 39.0 Å². The van der Waals surface area contributed by atoms with Gasteiger partial charge in [-0.05, 0) is 38.6 Å². The van der Waals surface area contributed by atoms with Gasteiger partial charge in [-0.25, -0.2) is 0 Å². The molecule has 2 nitrogen and oxygen atoms in total. The second-order valence-corrected chi connectivity index (χ2v) is 4.26. The van der Waals surface area contributed by atoms with Crippen molar-refractivity contribution in [1.29, 1.82) is 0 Å². The number of hydrogen-bond acceptors (Lipinski definition) is 2. The van der Waals surface area contributed by atoms with Crippen LogP contribution in [0.4, 0.5) is 0 Å². The Morgan fingerprint density at radius 1 is 1.57 bits per heavy atom. The molecule has 1 saturated heterocycles. The number of nitrogens with one attached hydrogen (secondary N) is 1. The van der Waals surface area contributed by atoms with Crippen LogP contribution in [0, 0.1) is 0 Å². The minimum absolute atomic E-state index is 0.444. The molecule has 0 amide bonds. The Bertz CT molecular complexity index is 206. The normalized spacial score (nSPS) is 29.2. The minimum Gasteiger partial charge on any atom is -0.376 e. The van der Waals surface area contributed by atoms with Crippen LogP contribution < -0.4 is 5.32 Å². The average Bonchev–Trinajstić information content (AvgIpc) is 2.87. The van der Waals surface area contributed by atoms with E-state index in [4.69, 9.17) is 4.74 Å². The van der Waals surface area contributed by atoms with E-state index in [1.807, 2.05) is 0 Å². The highest BCUT2D eigenvalue weighted by molar-refractivity contribution is 5.17. The highest BCUT2D eigenvalue weighted by Gasteiger charge is 2.28. The molecule has 2 heteroatoms. The van der Waals surface area contributed by atoms with Crippen LogP contribution in [0.3, 0.4) is 0 Å². The molecule has 0 saturated carbocycles. The molecule has 2 rings (SSSR count). The first-order chi connectivity index (χ1) is 6.92. The number of ether oxygens (including phenoxy) is 1. The van der Waals surface area contributed by atoms with E-state index in [0.29, 0.717) is 12.1 Å². The molecule has 2 unspecified atom stereocenters. The van der Waals surface area contributed by atoms with Crippen LogP contribution in [-0.2, 0) is 4.74 Å². The lowest BCUT2D eigenvalue weighted by Crippen LogP contribution is -2.40. The molecule has 0 aromatic carbocycles. The topological polar surface area (TPSA) is 21.3 Å². The van der Waals surface area contributed by atoms with Gasteiger partial charge < -0.3 is 10.1 Å². The first kappa shape index (κ1) is 10.2. The lowest BCUT2D eigenvalue weighted by atomic mass is 9.99. The number of likely N-dealkylation sites (N-methyl/N-ethyl adjacent to an activating group) is 1. The van der Waals surface area contributed by atoms with Crippen LogP contribution in [0.2, 0.25) is 0 Å². The maximum Gasteiger partial charge on any atom is 0.0767 e. The van der Waals surface area contributed by atoms with Crippen LogP contribution in [0.15, 0.2) is 11.6 Å². The zero-order chi connectivity index (χ0) is 9.80. The maximum atomic E-state index is 5.78. The molecule has 14 heavy (non-hydrogen) atoms. The summed E-state index contributed by atoms with van der Waals surface area (Å²) in [6, 6.07) is 0.505. The second-order valence-electron chi connectivity index (χ2n) is 4.26. The molecule has 0 bridgehead atoms. The Labute approximate surface area is 86.7 Å². The Kier molecular flexibility index (Phi) is 3.60. The van der Waals surface area contributed by atoms with Gasteiger partial charge in [0, 0.05) is 6.61 Å². The van der Waals surface area contributed by atoms with Crippen LogP contribution in [0.25, 0.3) is 0 Å². The number of rotatable bonds is 4. The third kappa shape index (κ3) is 2.18. The zero-order valence-corrected chi connectivity index (χ0v) is 9.09. The van der Waals surface area contributed by atoms with Gasteiger partial charge in [-0.15, -0.1) is 0 Å². The summed E-state index contributed by atoms with van der Waals surface area (Å²) in [5.74, 6) is 0. The smallest absolute Gasteiger partial charge is 0.0767 e. The van der Waals surface area contributed by atoms with E-state index in [0.717, 1.165) is 13.2 Å². The largest absolute Gasteiger partial charge is 0.376 e. The van der Waals surface area contributed by atoms with Crippen molar-refractivity contribution in [3.63, 3.8) is 0 Å². The van der Waals surface area contributed by atoms with Crippen LogP contribution in [0.5, 0.6) is 0 Å². The molecule has 0 radical (unpaired) electrons. The van der Waals surface area contributed by atoms with E-state index in [9.17, 15) is 0 Å². The molecular formula is C12H21NO. The molecule has 1 heterocycles. The first-order valence-electron chi connectivity index (χ1n) is 5.95. The SMILES string of the molecule is CCNC(C1=CCCC1)C1CCCO1. The van der Waals surface area contributed by atoms with Gasteiger partial charge in [-0.3, -0.25) is 0 Å². The fourth-order valence-corrected chi connectivity index (χ4v) is 2.56. The van der Waals surface area contributed by atoms with Gasteiger partial charge >= 0.3 is 0 Å². The van der Waals surface area contributed by atoms with E-state index >= 15 is 0 Å². The summed E-state index contributed by atoms with van der Waals surface area (Å²) < 4.78 is 5.78. The summed E-state index contributed by atoms with van der Waals surface area (Å²) >= 11 is 0. The maximum absolute atomic E-state index is 5.78. The Hall–Kier alpha value is -0.340. The molecule has 1 N–H and O–H groups in total. The van der Waals surface area contributed by atoms with Crippen molar-refractivity contribution in [2.45, 2.75) is 51.2 Å². The lowest BCUT2D eigenvalue weighted by molar-refractivity contribution is 0.0883. The van der Waals surface area contributed by atoms with Gasteiger partial charge in [0.2, 0.25) is 0 Å².